The van der Waals surface area contributed by atoms with Crippen molar-refractivity contribution >= 4 is 24.7 Å². The highest BCUT2D eigenvalue weighted by Crippen LogP contribution is 2.30. The number of unbranched alkanes of at least 4 members (excludes halogenated alkanes) is 1. The molecule has 254 valence electrons. The second kappa shape index (κ2) is 19.0. The topological polar surface area (TPSA) is 158 Å². The molecule has 2 aromatic carbocycles. The number of H-pyrrole nitrogens is 1. The summed E-state index contributed by atoms with van der Waals surface area (Å²) in [6.07, 6.45) is 0.971. The zero-order valence-electron chi connectivity index (χ0n) is 27.9. The number of carbonyl (C=O) groups is 3. The maximum atomic E-state index is 13.5. The van der Waals surface area contributed by atoms with E-state index in [9.17, 15) is 14.4 Å². The van der Waals surface area contributed by atoms with Crippen LogP contribution in [0.3, 0.4) is 0 Å². The predicted molar refractivity (Wildman–Crippen MR) is 176 cm³/mol. The Kier molecular flexibility index (Phi) is 14.8. The SMILES string of the molecule is C=NOCCC(C)CCOC(=O)OC(C)OC(=O)[C@H](C(C)C)N(Cc1ccc(-c2ccccc2-c2nnn[nH]2)cc1)C(=O)CCCC. The highest BCUT2D eigenvalue weighted by Gasteiger charge is 2.35. The molecule has 3 atom stereocenters. The zero-order chi connectivity index (χ0) is 34.2. The first-order chi connectivity index (χ1) is 22.6. The lowest BCUT2D eigenvalue weighted by Gasteiger charge is -2.33. The van der Waals surface area contributed by atoms with Gasteiger partial charge in [0.2, 0.25) is 12.2 Å². The second-order valence-corrected chi connectivity index (χ2v) is 11.7. The van der Waals surface area contributed by atoms with Gasteiger partial charge in [0.1, 0.15) is 12.6 Å². The van der Waals surface area contributed by atoms with Gasteiger partial charge in [0, 0.05) is 32.2 Å². The van der Waals surface area contributed by atoms with Gasteiger partial charge in [-0.2, -0.15) is 0 Å². The molecule has 0 fully saturated rings. The number of amides is 1. The maximum absolute atomic E-state index is 13.5. The number of nitrogens with zero attached hydrogens (tertiary/aromatic N) is 5. The monoisotopic (exact) mass is 650 g/mol. The van der Waals surface area contributed by atoms with Crippen LogP contribution in [0.1, 0.15) is 72.3 Å². The van der Waals surface area contributed by atoms with Crippen molar-refractivity contribution in [3.63, 3.8) is 0 Å². The minimum Gasteiger partial charge on any atom is -0.434 e. The number of nitrogens with one attached hydrogen (secondary N) is 1. The van der Waals surface area contributed by atoms with E-state index < -0.39 is 24.5 Å². The molecule has 1 N–H and O–H groups in total. The Morgan fingerprint density at radius 1 is 0.957 bits per heavy atom. The normalized spacial score (nSPS) is 12.9. The molecular weight excluding hydrogens is 604 g/mol. The predicted octanol–water partition coefficient (Wildman–Crippen LogP) is 6.17. The quantitative estimate of drug-likeness (QED) is 0.0523. The third-order valence-corrected chi connectivity index (χ3v) is 7.59. The molecule has 1 heterocycles. The van der Waals surface area contributed by atoms with Gasteiger partial charge in [-0.1, -0.05) is 82.6 Å². The fraction of sp³-hybridized carbons (Fsp3) is 0.500. The van der Waals surface area contributed by atoms with Crippen molar-refractivity contribution in [3.05, 3.63) is 54.1 Å². The van der Waals surface area contributed by atoms with Crippen molar-refractivity contribution in [2.45, 2.75) is 85.6 Å². The van der Waals surface area contributed by atoms with E-state index in [1.807, 2.05) is 76.2 Å². The average molecular weight is 651 g/mol. The maximum Gasteiger partial charge on any atom is 0.511 e. The van der Waals surface area contributed by atoms with Crippen LogP contribution in [0.4, 0.5) is 4.79 Å². The van der Waals surface area contributed by atoms with E-state index in [-0.39, 0.29) is 37.3 Å². The van der Waals surface area contributed by atoms with Crippen LogP contribution in [0.5, 0.6) is 0 Å². The van der Waals surface area contributed by atoms with Gasteiger partial charge in [-0.25, -0.2) is 14.7 Å². The molecule has 13 nitrogen and oxygen atoms in total. The van der Waals surface area contributed by atoms with E-state index in [1.165, 1.54) is 6.92 Å². The van der Waals surface area contributed by atoms with E-state index in [0.29, 0.717) is 25.3 Å². The van der Waals surface area contributed by atoms with E-state index in [2.05, 4.69) is 32.5 Å². The van der Waals surface area contributed by atoms with E-state index in [4.69, 9.17) is 19.0 Å². The second-order valence-electron chi connectivity index (χ2n) is 11.7. The summed E-state index contributed by atoms with van der Waals surface area (Å²) in [6, 6.07) is 14.6. The molecule has 0 aliphatic carbocycles. The number of aromatic nitrogens is 4. The van der Waals surface area contributed by atoms with E-state index in [1.54, 1.807) is 4.90 Å². The van der Waals surface area contributed by atoms with Crippen LogP contribution in [0.25, 0.3) is 22.5 Å². The molecule has 0 spiro atoms. The number of oxime groups is 1. The van der Waals surface area contributed by atoms with Crippen molar-refractivity contribution in [2.24, 2.45) is 17.0 Å². The Bertz CT molecular complexity index is 1410. The van der Waals surface area contributed by atoms with Crippen molar-refractivity contribution in [2.75, 3.05) is 13.2 Å². The molecule has 3 aromatic rings. The van der Waals surface area contributed by atoms with E-state index >= 15 is 0 Å². The number of aromatic amines is 1. The van der Waals surface area contributed by atoms with Crippen LogP contribution in [0.15, 0.2) is 53.7 Å². The molecule has 0 aliphatic heterocycles. The summed E-state index contributed by atoms with van der Waals surface area (Å²) in [7, 11) is 0. The zero-order valence-corrected chi connectivity index (χ0v) is 27.9. The first-order valence-corrected chi connectivity index (χ1v) is 16.0. The van der Waals surface area contributed by atoms with Gasteiger partial charge in [-0.05, 0) is 58.2 Å². The summed E-state index contributed by atoms with van der Waals surface area (Å²) in [5.41, 5.74) is 3.57. The molecule has 0 radical (unpaired) electrons. The minimum atomic E-state index is -1.22. The number of ether oxygens (including phenoxy) is 3. The van der Waals surface area contributed by atoms with Gasteiger partial charge in [-0.15, -0.1) is 10.3 Å². The molecule has 3 rings (SSSR count). The summed E-state index contributed by atoms with van der Waals surface area (Å²) < 4.78 is 15.9. The smallest absolute Gasteiger partial charge is 0.434 e. The largest absolute Gasteiger partial charge is 0.511 e. The number of rotatable bonds is 19. The average Bonchev–Trinajstić information content (AvgIpc) is 3.58. The van der Waals surface area contributed by atoms with Crippen LogP contribution in [-0.2, 0) is 35.2 Å². The Morgan fingerprint density at radius 2 is 1.66 bits per heavy atom. The standard InChI is InChI=1S/C34H46N6O7/c1-7-8-13-30(41)40(22-26-14-16-27(17-15-26)28-11-9-10-12-29(28)32-36-38-39-37-32)31(23(2)3)33(42)46-25(5)47-34(43)44-20-18-24(4)19-21-45-35-6/h9-12,14-17,23-25,31H,6-8,13,18-22H2,1-5H3,(H,36,37,38,39)/t24?,25?,31-/m0/s1. The number of tetrazole rings is 1. The van der Waals surface area contributed by atoms with Crippen LogP contribution in [0.2, 0.25) is 0 Å². The highest BCUT2D eigenvalue weighted by atomic mass is 16.8. The Morgan fingerprint density at radius 3 is 2.30 bits per heavy atom. The number of hydrogen-bond acceptors (Lipinski definition) is 11. The molecule has 47 heavy (non-hydrogen) atoms. The molecular formula is C34H46N6O7. The molecule has 0 bridgehead atoms. The Hall–Kier alpha value is -4.81. The van der Waals surface area contributed by atoms with Crippen molar-refractivity contribution in [1.82, 2.24) is 25.5 Å². The van der Waals surface area contributed by atoms with Gasteiger partial charge in [0.15, 0.2) is 5.82 Å². The van der Waals surface area contributed by atoms with Gasteiger partial charge in [-0.3, -0.25) is 4.79 Å². The molecule has 0 aliphatic rings. The lowest BCUT2D eigenvalue weighted by molar-refractivity contribution is -0.178. The number of hydrogen-bond donors (Lipinski definition) is 1. The highest BCUT2D eigenvalue weighted by molar-refractivity contribution is 5.85. The fourth-order valence-corrected chi connectivity index (χ4v) is 5.01. The van der Waals surface area contributed by atoms with Gasteiger partial charge in [0.25, 0.3) is 0 Å². The summed E-state index contributed by atoms with van der Waals surface area (Å²) in [5.74, 6) is -0.325. The third kappa shape index (κ3) is 11.5. The van der Waals surface area contributed by atoms with E-state index in [0.717, 1.165) is 35.1 Å². The minimum absolute atomic E-state index is 0.137. The van der Waals surface area contributed by atoms with Crippen molar-refractivity contribution in [3.8, 4) is 22.5 Å². The molecule has 1 amide bonds. The summed E-state index contributed by atoms with van der Waals surface area (Å²) in [6.45, 7) is 13.2. The van der Waals surface area contributed by atoms with Crippen LogP contribution in [-0.4, -0.2) is 75.8 Å². The Balaban J connectivity index is 1.68. The lowest BCUT2D eigenvalue weighted by atomic mass is 9.97. The summed E-state index contributed by atoms with van der Waals surface area (Å²) in [4.78, 5) is 45.7. The molecule has 13 heteroatoms. The number of benzene rings is 2. The van der Waals surface area contributed by atoms with Crippen LogP contribution in [0, 0.1) is 11.8 Å². The molecule has 0 saturated heterocycles. The third-order valence-electron chi connectivity index (χ3n) is 7.59. The molecule has 0 saturated carbocycles. The fourth-order valence-electron chi connectivity index (χ4n) is 5.01. The summed E-state index contributed by atoms with van der Waals surface area (Å²) in [5, 5.41) is 17.6. The number of esters is 1. The Labute approximate surface area is 276 Å². The van der Waals surface area contributed by atoms with Crippen LogP contribution >= 0.6 is 0 Å². The molecule has 1 aromatic heterocycles. The summed E-state index contributed by atoms with van der Waals surface area (Å²) >= 11 is 0. The van der Waals surface area contributed by atoms with Gasteiger partial charge in [0.05, 0.1) is 6.61 Å². The molecule has 2 unspecified atom stereocenters. The lowest BCUT2D eigenvalue weighted by Crippen LogP contribution is -2.49. The first-order valence-electron chi connectivity index (χ1n) is 16.0. The van der Waals surface area contributed by atoms with Gasteiger partial charge >= 0.3 is 12.1 Å². The van der Waals surface area contributed by atoms with Crippen molar-refractivity contribution < 1.29 is 33.4 Å². The van der Waals surface area contributed by atoms with Crippen LogP contribution < -0.4 is 0 Å². The first kappa shape index (κ1) is 36.7. The number of carbonyl (C=O) groups excluding carboxylic acids is 3. The van der Waals surface area contributed by atoms with Crippen molar-refractivity contribution in [1.29, 1.82) is 0 Å². The van der Waals surface area contributed by atoms with Gasteiger partial charge < -0.3 is 23.9 Å².